The molecule has 0 amide bonds. The molecule has 0 radical (unpaired) electrons. The summed E-state index contributed by atoms with van der Waals surface area (Å²) in [6.07, 6.45) is 0.800. The Morgan fingerprint density at radius 3 is 1.96 bits per heavy atom. The second-order valence-corrected chi connectivity index (χ2v) is 11.2. The number of aromatic hydroxyl groups is 2. The summed E-state index contributed by atoms with van der Waals surface area (Å²) in [7, 11) is -3.62. The average Bonchev–Trinajstić information content (AvgIpc) is 2.48. The predicted molar refractivity (Wildman–Crippen MR) is 109 cm³/mol. The lowest BCUT2D eigenvalue weighted by atomic mass is 9.72. The van der Waals surface area contributed by atoms with E-state index in [4.69, 9.17) is 0 Å². The summed E-state index contributed by atoms with van der Waals surface area (Å²) in [6, 6.07) is 9.47. The maximum Gasteiger partial charge on any atom is 0.182 e. The molecule has 2 rings (SSSR count). The van der Waals surface area contributed by atoms with Gasteiger partial charge in [-0.15, -0.1) is 0 Å². The van der Waals surface area contributed by atoms with Crippen molar-refractivity contribution in [3.8, 4) is 11.5 Å². The monoisotopic (exact) mass is 390 g/mol. The predicted octanol–water partition coefficient (Wildman–Crippen LogP) is 5.09. The minimum atomic E-state index is -3.62. The van der Waals surface area contributed by atoms with Gasteiger partial charge in [0, 0.05) is 11.1 Å². The van der Waals surface area contributed by atoms with Crippen LogP contribution < -0.4 is 0 Å². The van der Waals surface area contributed by atoms with Gasteiger partial charge < -0.3 is 10.2 Å². The van der Waals surface area contributed by atoms with Crippen LogP contribution >= 0.6 is 0 Å². The van der Waals surface area contributed by atoms with Crippen LogP contribution in [0.2, 0.25) is 0 Å². The first-order chi connectivity index (χ1) is 12.2. The lowest BCUT2D eigenvalue weighted by molar-refractivity contribution is 0.277. The zero-order valence-corrected chi connectivity index (χ0v) is 17.8. The molecule has 0 spiro atoms. The Balaban J connectivity index is 2.38. The van der Waals surface area contributed by atoms with Crippen molar-refractivity contribution in [2.24, 2.45) is 5.41 Å². The van der Waals surface area contributed by atoms with Gasteiger partial charge in [0.1, 0.15) is 11.5 Å². The lowest BCUT2D eigenvalue weighted by Crippen LogP contribution is -2.25. The third kappa shape index (κ3) is 5.25. The quantitative estimate of drug-likeness (QED) is 0.697. The number of rotatable bonds is 5. The summed E-state index contributed by atoms with van der Waals surface area (Å²) in [5, 5.41) is 21.0. The van der Waals surface area contributed by atoms with E-state index in [0.717, 1.165) is 12.0 Å². The number of hydrogen-bond donors (Lipinski definition) is 2. The molecule has 0 fully saturated rings. The number of sulfone groups is 1. The van der Waals surface area contributed by atoms with Crippen molar-refractivity contribution in [3.63, 3.8) is 0 Å². The van der Waals surface area contributed by atoms with Crippen LogP contribution in [-0.4, -0.2) is 18.6 Å². The molecule has 0 saturated carbocycles. The Morgan fingerprint density at radius 2 is 1.44 bits per heavy atom. The summed E-state index contributed by atoms with van der Waals surface area (Å²) in [5.74, 6) is -0.466. The first kappa shape index (κ1) is 21.3. The van der Waals surface area contributed by atoms with Gasteiger partial charge in [-0.25, -0.2) is 8.42 Å². The lowest BCUT2D eigenvalue weighted by Gasteiger charge is -2.33. The Morgan fingerprint density at radius 1 is 0.889 bits per heavy atom. The molecule has 0 heterocycles. The maximum atomic E-state index is 12.7. The van der Waals surface area contributed by atoms with Crippen molar-refractivity contribution in [2.75, 3.05) is 0 Å². The molecule has 0 aliphatic heterocycles. The minimum absolute atomic E-state index is 0.0103. The van der Waals surface area contributed by atoms with Crippen molar-refractivity contribution in [3.05, 3.63) is 53.1 Å². The van der Waals surface area contributed by atoms with Gasteiger partial charge >= 0.3 is 0 Å². The fourth-order valence-corrected chi connectivity index (χ4v) is 5.09. The SMILES string of the molecule is Cc1ccc(S(=O)(=O)Cc2cc(O)c(C(C)(C)CC(C)(C)C)cc2O)cc1. The summed E-state index contributed by atoms with van der Waals surface area (Å²) < 4.78 is 25.3. The molecule has 0 bridgehead atoms. The summed E-state index contributed by atoms with van der Waals surface area (Å²) >= 11 is 0. The fourth-order valence-electron chi connectivity index (χ4n) is 3.73. The molecule has 2 N–H and O–H groups in total. The van der Waals surface area contributed by atoms with Crippen molar-refractivity contribution >= 4 is 9.84 Å². The third-order valence-electron chi connectivity index (χ3n) is 4.62. The number of benzene rings is 2. The van der Waals surface area contributed by atoms with Gasteiger partial charge in [-0.1, -0.05) is 52.3 Å². The summed E-state index contributed by atoms with van der Waals surface area (Å²) in [5.41, 5.74) is 1.46. The number of hydrogen-bond acceptors (Lipinski definition) is 4. The Hall–Kier alpha value is -2.01. The van der Waals surface area contributed by atoms with Gasteiger partial charge in [0.05, 0.1) is 10.6 Å². The molecule has 0 aliphatic rings. The van der Waals surface area contributed by atoms with Crippen molar-refractivity contribution in [1.82, 2.24) is 0 Å². The summed E-state index contributed by atoms with van der Waals surface area (Å²) in [4.78, 5) is 0.198. The second-order valence-electron chi connectivity index (χ2n) is 9.19. The first-order valence-electron chi connectivity index (χ1n) is 9.06. The van der Waals surface area contributed by atoms with E-state index < -0.39 is 9.84 Å². The van der Waals surface area contributed by atoms with Gasteiger partial charge in [-0.05, 0) is 48.4 Å². The molecular weight excluding hydrogens is 360 g/mol. The van der Waals surface area contributed by atoms with Crippen molar-refractivity contribution in [1.29, 1.82) is 0 Å². The highest BCUT2D eigenvalue weighted by atomic mass is 32.2. The van der Waals surface area contributed by atoms with Crippen LogP contribution in [0.5, 0.6) is 11.5 Å². The van der Waals surface area contributed by atoms with Gasteiger partial charge in [-0.2, -0.15) is 0 Å². The van der Waals surface area contributed by atoms with E-state index in [9.17, 15) is 18.6 Å². The highest BCUT2D eigenvalue weighted by Gasteiger charge is 2.31. The molecule has 0 aromatic heterocycles. The largest absolute Gasteiger partial charge is 0.508 e. The molecule has 148 valence electrons. The van der Waals surface area contributed by atoms with Crippen LogP contribution in [0.1, 0.15) is 57.7 Å². The van der Waals surface area contributed by atoms with Crippen LogP contribution in [0.15, 0.2) is 41.3 Å². The van der Waals surface area contributed by atoms with Crippen LogP contribution in [-0.2, 0) is 21.0 Å². The molecule has 0 saturated heterocycles. The third-order valence-corrected chi connectivity index (χ3v) is 6.31. The molecule has 0 atom stereocenters. The molecule has 2 aromatic rings. The van der Waals surface area contributed by atoms with E-state index in [2.05, 4.69) is 20.8 Å². The molecule has 27 heavy (non-hydrogen) atoms. The Kier molecular flexibility index (Phi) is 5.67. The second kappa shape index (κ2) is 7.19. The smallest absolute Gasteiger partial charge is 0.182 e. The summed E-state index contributed by atoms with van der Waals surface area (Å²) in [6.45, 7) is 12.3. The van der Waals surface area contributed by atoms with E-state index in [-0.39, 0.29) is 38.5 Å². The van der Waals surface area contributed by atoms with E-state index in [1.54, 1.807) is 24.3 Å². The maximum absolute atomic E-state index is 12.7. The molecule has 0 aliphatic carbocycles. The van der Waals surface area contributed by atoms with Crippen LogP contribution in [0, 0.1) is 12.3 Å². The zero-order chi connectivity index (χ0) is 20.6. The molecule has 4 nitrogen and oxygen atoms in total. The molecule has 2 aromatic carbocycles. The van der Waals surface area contributed by atoms with Gasteiger partial charge in [0.25, 0.3) is 0 Å². The van der Waals surface area contributed by atoms with Crippen molar-refractivity contribution in [2.45, 2.75) is 64.0 Å². The van der Waals surface area contributed by atoms with E-state index in [1.807, 2.05) is 20.8 Å². The van der Waals surface area contributed by atoms with Crippen LogP contribution in [0.3, 0.4) is 0 Å². The van der Waals surface area contributed by atoms with Crippen molar-refractivity contribution < 1.29 is 18.6 Å². The standard InChI is InChI=1S/C22H30O4S/c1-15-7-9-17(10-8-15)27(25,26)13-16-11-20(24)18(12-19(16)23)22(5,6)14-21(2,3)4/h7-12,23-24H,13-14H2,1-6H3. The van der Waals surface area contributed by atoms with Gasteiger partial charge in [-0.3, -0.25) is 0 Å². The number of phenols is 2. The van der Waals surface area contributed by atoms with E-state index in [0.29, 0.717) is 5.56 Å². The first-order valence-corrected chi connectivity index (χ1v) is 10.7. The fraction of sp³-hybridized carbons (Fsp3) is 0.455. The molecule has 5 heteroatoms. The van der Waals surface area contributed by atoms with E-state index >= 15 is 0 Å². The van der Waals surface area contributed by atoms with Crippen LogP contribution in [0.25, 0.3) is 0 Å². The van der Waals surface area contributed by atoms with E-state index in [1.165, 1.54) is 12.1 Å². The average molecular weight is 391 g/mol. The van der Waals surface area contributed by atoms with Gasteiger partial charge in [0.2, 0.25) is 0 Å². The number of phenolic OH excluding ortho intramolecular Hbond substituents is 2. The molecular formula is C22H30O4S. The normalized spacial score (nSPS) is 13.0. The molecule has 0 unspecified atom stereocenters. The van der Waals surface area contributed by atoms with Crippen LogP contribution in [0.4, 0.5) is 0 Å². The Labute approximate surface area is 162 Å². The minimum Gasteiger partial charge on any atom is -0.508 e. The highest BCUT2D eigenvalue weighted by molar-refractivity contribution is 7.90. The zero-order valence-electron chi connectivity index (χ0n) is 17.0. The number of aryl methyl sites for hydroxylation is 1. The highest BCUT2D eigenvalue weighted by Crippen LogP contribution is 2.42. The topological polar surface area (TPSA) is 74.6 Å². The van der Waals surface area contributed by atoms with Gasteiger partial charge in [0.15, 0.2) is 9.84 Å². The Bertz CT molecular complexity index is 918.